The highest BCUT2D eigenvalue weighted by atomic mass is 16.1. The number of benzene rings is 1. The third kappa shape index (κ3) is 1.56. The Balaban J connectivity index is 1.80. The highest BCUT2D eigenvalue weighted by molar-refractivity contribution is 5.95. The summed E-state index contributed by atoms with van der Waals surface area (Å²) in [4.78, 5) is 11.7. The monoisotopic (exact) mass is 215 g/mol. The molecule has 1 aliphatic carbocycles. The van der Waals surface area contributed by atoms with Gasteiger partial charge in [0.05, 0.1) is 11.7 Å². The Hall–Kier alpha value is -1.84. The van der Waals surface area contributed by atoms with Gasteiger partial charge in [-0.05, 0) is 31.0 Å². The van der Waals surface area contributed by atoms with Crippen LogP contribution < -0.4 is 5.32 Å². The minimum atomic E-state index is 0.144. The van der Waals surface area contributed by atoms with Gasteiger partial charge in [-0.25, -0.2) is 0 Å². The number of H-pyrrole nitrogens is 1. The molecule has 1 amide bonds. The van der Waals surface area contributed by atoms with Crippen molar-refractivity contribution in [3.63, 3.8) is 0 Å². The summed E-state index contributed by atoms with van der Waals surface area (Å²) in [6.45, 7) is 0. The van der Waals surface area contributed by atoms with Crippen molar-refractivity contribution in [2.75, 3.05) is 5.32 Å². The molecule has 4 heteroatoms. The van der Waals surface area contributed by atoms with Crippen LogP contribution in [0.15, 0.2) is 24.4 Å². The van der Waals surface area contributed by atoms with E-state index in [1.165, 1.54) is 6.42 Å². The molecular weight excluding hydrogens is 202 g/mol. The Morgan fingerprint density at radius 2 is 2.31 bits per heavy atom. The zero-order valence-corrected chi connectivity index (χ0v) is 8.86. The van der Waals surface area contributed by atoms with Crippen molar-refractivity contribution in [1.29, 1.82) is 0 Å². The molecule has 0 aliphatic heterocycles. The molecule has 1 aromatic carbocycles. The number of rotatable bonds is 2. The van der Waals surface area contributed by atoms with Gasteiger partial charge in [0.1, 0.15) is 0 Å². The van der Waals surface area contributed by atoms with Crippen molar-refractivity contribution in [2.24, 2.45) is 5.92 Å². The van der Waals surface area contributed by atoms with Crippen LogP contribution in [0.4, 0.5) is 5.69 Å². The molecular formula is C12H13N3O. The average Bonchev–Trinajstić information content (AvgIpc) is 2.61. The van der Waals surface area contributed by atoms with Crippen LogP contribution >= 0.6 is 0 Å². The van der Waals surface area contributed by atoms with Crippen molar-refractivity contribution >= 4 is 22.5 Å². The summed E-state index contributed by atoms with van der Waals surface area (Å²) in [6.07, 6.45) is 5.00. The first-order chi connectivity index (χ1) is 7.83. The summed E-state index contributed by atoms with van der Waals surface area (Å²) >= 11 is 0. The van der Waals surface area contributed by atoms with Crippen LogP contribution in [0.25, 0.3) is 10.9 Å². The van der Waals surface area contributed by atoms with E-state index in [-0.39, 0.29) is 11.8 Å². The zero-order chi connectivity index (χ0) is 11.0. The molecule has 0 saturated heterocycles. The second-order valence-electron chi connectivity index (χ2n) is 4.29. The molecule has 0 spiro atoms. The molecule has 0 radical (unpaired) electrons. The number of aromatic nitrogens is 2. The van der Waals surface area contributed by atoms with Crippen LogP contribution in [0.1, 0.15) is 19.3 Å². The Kier molecular flexibility index (Phi) is 2.13. The fraction of sp³-hybridized carbons (Fsp3) is 0.333. The fourth-order valence-electron chi connectivity index (χ4n) is 1.93. The van der Waals surface area contributed by atoms with E-state index in [0.717, 1.165) is 29.4 Å². The first-order valence-electron chi connectivity index (χ1n) is 5.57. The van der Waals surface area contributed by atoms with Crippen LogP contribution in [-0.4, -0.2) is 16.1 Å². The number of fused-ring (bicyclic) bond motifs is 1. The molecule has 1 aliphatic rings. The molecule has 2 aromatic rings. The highest BCUT2D eigenvalue weighted by Gasteiger charge is 2.25. The average molecular weight is 215 g/mol. The number of amides is 1. The number of aromatic amines is 1. The molecule has 0 atom stereocenters. The number of carbonyl (C=O) groups is 1. The molecule has 0 bridgehead atoms. The van der Waals surface area contributed by atoms with Crippen LogP contribution in [0, 0.1) is 5.92 Å². The number of hydrogen-bond donors (Lipinski definition) is 2. The maximum Gasteiger partial charge on any atom is 0.227 e. The van der Waals surface area contributed by atoms with Gasteiger partial charge < -0.3 is 5.32 Å². The fourth-order valence-corrected chi connectivity index (χ4v) is 1.93. The molecule has 2 N–H and O–H groups in total. The van der Waals surface area contributed by atoms with Gasteiger partial charge in [-0.3, -0.25) is 9.89 Å². The molecule has 1 fully saturated rings. The summed E-state index contributed by atoms with van der Waals surface area (Å²) in [7, 11) is 0. The minimum Gasteiger partial charge on any atom is -0.326 e. The third-order valence-corrected chi connectivity index (χ3v) is 3.19. The second-order valence-corrected chi connectivity index (χ2v) is 4.29. The Morgan fingerprint density at radius 3 is 3.06 bits per heavy atom. The largest absolute Gasteiger partial charge is 0.326 e. The Labute approximate surface area is 93.0 Å². The highest BCUT2D eigenvalue weighted by Crippen LogP contribution is 2.28. The van der Waals surface area contributed by atoms with E-state index in [9.17, 15) is 4.79 Å². The minimum absolute atomic E-state index is 0.144. The van der Waals surface area contributed by atoms with E-state index in [2.05, 4.69) is 15.5 Å². The van der Waals surface area contributed by atoms with E-state index in [1.807, 2.05) is 18.2 Å². The van der Waals surface area contributed by atoms with Crippen molar-refractivity contribution in [3.8, 4) is 0 Å². The Morgan fingerprint density at radius 1 is 1.44 bits per heavy atom. The van der Waals surface area contributed by atoms with Gasteiger partial charge >= 0.3 is 0 Å². The van der Waals surface area contributed by atoms with Crippen LogP contribution in [0.2, 0.25) is 0 Å². The third-order valence-electron chi connectivity index (χ3n) is 3.19. The van der Waals surface area contributed by atoms with Gasteiger partial charge in [-0.15, -0.1) is 0 Å². The summed E-state index contributed by atoms with van der Waals surface area (Å²) in [6, 6.07) is 5.78. The lowest BCUT2D eigenvalue weighted by Gasteiger charge is -2.23. The number of anilines is 1. The van der Waals surface area contributed by atoms with Crippen molar-refractivity contribution in [3.05, 3.63) is 24.4 Å². The van der Waals surface area contributed by atoms with Gasteiger partial charge in [0.25, 0.3) is 0 Å². The van der Waals surface area contributed by atoms with Gasteiger partial charge in [-0.2, -0.15) is 5.10 Å². The van der Waals surface area contributed by atoms with E-state index >= 15 is 0 Å². The van der Waals surface area contributed by atoms with Crippen LogP contribution in [0.5, 0.6) is 0 Å². The predicted molar refractivity (Wildman–Crippen MR) is 62.1 cm³/mol. The quantitative estimate of drug-likeness (QED) is 0.807. The van der Waals surface area contributed by atoms with E-state index in [0.29, 0.717) is 0 Å². The number of carbonyl (C=O) groups excluding carboxylic acids is 1. The van der Waals surface area contributed by atoms with Gasteiger partial charge in [-0.1, -0.05) is 6.42 Å². The van der Waals surface area contributed by atoms with Crippen LogP contribution in [0.3, 0.4) is 0 Å². The molecule has 3 rings (SSSR count). The summed E-state index contributed by atoms with van der Waals surface area (Å²) in [5, 5.41) is 10.8. The molecule has 1 aromatic heterocycles. The molecule has 1 saturated carbocycles. The summed E-state index contributed by atoms with van der Waals surface area (Å²) in [5.74, 6) is 0.363. The van der Waals surface area contributed by atoms with Crippen molar-refractivity contribution < 1.29 is 4.79 Å². The molecule has 16 heavy (non-hydrogen) atoms. The lowest BCUT2D eigenvalue weighted by atomic mass is 9.85. The smallest absolute Gasteiger partial charge is 0.227 e. The SMILES string of the molecule is O=C(Nc1ccc2cn[nH]c2c1)C1CCC1. The van der Waals surface area contributed by atoms with Gasteiger partial charge in [0.15, 0.2) is 0 Å². The molecule has 0 unspecified atom stereocenters. The maximum atomic E-state index is 11.7. The van der Waals surface area contributed by atoms with Gasteiger partial charge in [0, 0.05) is 17.0 Å². The number of nitrogens with one attached hydrogen (secondary N) is 2. The second kappa shape index (κ2) is 3.63. The maximum absolute atomic E-state index is 11.7. The summed E-state index contributed by atoms with van der Waals surface area (Å²) < 4.78 is 0. The predicted octanol–water partition coefficient (Wildman–Crippen LogP) is 2.30. The lowest BCUT2D eigenvalue weighted by Crippen LogP contribution is -2.27. The van der Waals surface area contributed by atoms with E-state index in [4.69, 9.17) is 0 Å². The number of nitrogens with zero attached hydrogens (tertiary/aromatic N) is 1. The van der Waals surface area contributed by atoms with E-state index < -0.39 is 0 Å². The number of hydrogen-bond acceptors (Lipinski definition) is 2. The van der Waals surface area contributed by atoms with Gasteiger partial charge in [0.2, 0.25) is 5.91 Å². The summed E-state index contributed by atoms with van der Waals surface area (Å²) in [5.41, 5.74) is 1.79. The normalized spacial score (nSPS) is 16.0. The zero-order valence-electron chi connectivity index (χ0n) is 8.86. The first-order valence-corrected chi connectivity index (χ1v) is 5.57. The Bertz CT molecular complexity index is 528. The topological polar surface area (TPSA) is 57.8 Å². The first kappa shape index (κ1) is 9.39. The van der Waals surface area contributed by atoms with Crippen LogP contribution in [-0.2, 0) is 4.79 Å². The van der Waals surface area contributed by atoms with Crippen molar-refractivity contribution in [1.82, 2.24) is 10.2 Å². The van der Waals surface area contributed by atoms with E-state index in [1.54, 1.807) is 6.20 Å². The van der Waals surface area contributed by atoms with Crippen molar-refractivity contribution in [2.45, 2.75) is 19.3 Å². The molecule has 1 heterocycles. The molecule has 4 nitrogen and oxygen atoms in total. The molecule has 82 valence electrons. The standard InChI is InChI=1S/C12H13N3O/c16-12(8-2-1-3-8)14-10-5-4-9-7-13-15-11(9)6-10/h4-8H,1-3H2,(H,13,15)(H,14,16). The lowest BCUT2D eigenvalue weighted by molar-refractivity contribution is -0.122.